The van der Waals surface area contributed by atoms with Crippen LogP contribution in [-0.2, 0) is 6.54 Å². The lowest BCUT2D eigenvalue weighted by Gasteiger charge is -2.31. The van der Waals surface area contributed by atoms with Crippen molar-refractivity contribution in [2.24, 2.45) is 5.41 Å². The number of hydrogen-bond acceptors (Lipinski definition) is 3. The minimum absolute atomic E-state index is 0.0855. The second-order valence-corrected chi connectivity index (χ2v) is 5.94. The molecular weight excluding hydrogens is 226 g/mol. The van der Waals surface area contributed by atoms with Crippen LogP contribution in [-0.4, -0.2) is 22.9 Å². The minimum atomic E-state index is 0.0855. The van der Waals surface area contributed by atoms with E-state index in [0.29, 0.717) is 12.3 Å². The molecule has 0 spiro atoms. The van der Waals surface area contributed by atoms with Crippen LogP contribution in [0.15, 0.2) is 18.2 Å². The second-order valence-electron chi connectivity index (χ2n) is 5.94. The second kappa shape index (κ2) is 6.21. The average molecular weight is 251 g/mol. The first kappa shape index (κ1) is 15.0. The number of phenolic OH excluding ortho intramolecular Hbond substituents is 1. The molecule has 0 saturated heterocycles. The lowest BCUT2D eigenvalue weighted by molar-refractivity contribution is 0.196. The molecule has 0 radical (unpaired) electrons. The van der Waals surface area contributed by atoms with Gasteiger partial charge >= 0.3 is 0 Å². The van der Waals surface area contributed by atoms with Crippen LogP contribution in [0.25, 0.3) is 0 Å². The Morgan fingerprint density at radius 3 is 2.50 bits per heavy atom. The van der Waals surface area contributed by atoms with Gasteiger partial charge < -0.3 is 15.5 Å². The summed E-state index contributed by atoms with van der Waals surface area (Å²) in [4.78, 5) is 0. The number of hydrogen-bond donors (Lipinski definition) is 3. The molecule has 3 N–H and O–H groups in total. The molecule has 0 amide bonds. The molecule has 102 valence electrons. The predicted octanol–water partition coefficient (Wildman–Crippen LogP) is 2.59. The summed E-state index contributed by atoms with van der Waals surface area (Å²) in [5.74, 6) is 0.324. The summed E-state index contributed by atoms with van der Waals surface area (Å²) >= 11 is 0. The van der Waals surface area contributed by atoms with Crippen LogP contribution in [0.2, 0.25) is 0 Å². The third-order valence-electron chi connectivity index (χ3n) is 3.24. The maximum Gasteiger partial charge on any atom is 0.120 e. The van der Waals surface area contributed by atoms with E-state index in [-0.39, 0.29) is 18.1 Å². The topological polar surface area (TPSA) is 52.5 Å². The van der Waals surface area contributed by atoms with Crippen LogP contribution >= 0.6 is 0 Å². The number of aliphatic hydroxyl groups is 1. The van der Waals surface area contributed by atoms with Gasteiger partial charge in [0, 0.05) is 24.8 Å². The van der Waals surface area contributed by atoms with Crippen LogP contribution in [0.3, 0.4) is 0 Å². The van der Waals surface area contributed by atoms with Gasteiger partial charge in [-0.1, -0.05) is 38.5 Å². The van der Waals surface area contributed by atoms with Crippen LogP contribution in [0.5, 0.6) is 5.75 Å². The summed E-state index contributed by atoms with van der Waals surface area (Å²) < 4.78 is 0. The van der Waals surface area contributed by atoms with Crippen LogP contribution in [0.1, 0.15) is 38.3 Å². The van der Waals surface area contributed by atoms with E-state index in [1.54, 1.807) is 6.07 Å². The molecule has 18 heavy (non-hydrogen) atoms. The van der Waals surface area contributed by atoms with E-state index in [1.807, 2.05) is 19.1 Å². The molecule has 0 fully saturated rings. The van der Waals surface area contributed by atoms with Crippen molar-refractivity contribution in [1.82, 2.24) is 5.32 Å². The van der Waals surface area contributed by atoms with Crippen molar-refractivity contribution in [3.8, 4) is 5.75 Å². The number of aliphatic hydroxyl groups excluding tert-OH is 1. The monoisotopic (exact) mass is 251 g/mol. The summed E-state index contributed by atoms with van der Waals surface area (Å²) in [7, 11) is 0. The van der Waals surface area contributed by atoms with Crippen molar-refractivity contribution in [3.63, 3.8) is 0 Å². The van der Waals surface area contributed by atoms with Gasteiger partial charge in [-0.2, -0.15) is 0 Å². The minimum Gasteiger partial charge on any atom is -0.508 e. The van der Waals surface area contributed by atoms with E-state index in [4.69, 9.17) is 5.11 Å². The lowest BCUT2D eigenvalue weighted by atomic mass is 9.85. The highest BCUT2D eigenvalue weighted by molar-refractivity contribution is 5.35. The van der Waals surface area contributed by atoms with Crippen LogP contribution in [0.4, 0.5) is 0 Å². The van der Waals surface area contributed by atoms with E-state index in [1.165, 1.54) is 0 Å². The number of rotatable bonds is 5. The van der Waals surface area contributed by atoms with Gasteiger partial charge in [0.1, 0.15) is 5.75 Å². The lowest BCUT2D eigenvalue weighted by Crippen LogP contribution is -2.40. The summed E-state index contributed by atoms with van der Waals surface area (Å²) in [5, 5.41) is 22.3. The predicted molar refractivity (Wildman–Crippen MR) is 74.6 cm³/mol. The highest BCUT2D eigenvalue weighted by Gasteiger charge is 2.23. The number of aromatic hydroxyl groups is 1. The SMILES string of the molecule is Cc1ccc(O)c(CNC(CCO)C(C)(C)C)c1. The standard InChI is InChI=1S/C15H25NO2/c1-11-5-6-13(18)12(9-11)10-16-14(7-8-17)15(2,3)4/h5-6,9,14,16-18H,7-8,10H2,1-4H3. The van der Waals surface area contributed by atoms with E-state index >= 15 is 0 Å². The van der Waals surface area contributed by atoms with E-state index in [2.05, 4.69) is 26.1 Å². The highest BCUT2D eigenvalue weighted by atomic mass is 16.3. The van der Waals surface area contributed by atoms with Crippen molar-refractivity contribution in [2.75, 3.05) is 6.61 Å². The van der Waals surface area contributed by atoms with E-state index in [0.717, 1.165) is 17.5 Å². The maximum atomic E-state index is 9.79. The molecule has 1 unspecified atom stereocenters. The molecule has 0 aliphatic carbocycles. The van der Waals surface area contributed by atoms with Gasteiger partial charge in [0.25, 0.3) is 0 Å². The van der Waals surface area contributed by atoms with Crippen LogP contribution < -0.4 is 5.32 Å². The van der Waals surface area contributed by atoms with Crippen molar-refractivity contribution in [1.29, 1.82) is 0 Å². The fourth-order valence-corrected chi connectivity index (χ4v) is 2.06. The van der Waals surface area contributed by atoms with Crippen molar-refractivity contribution >= 4 is 0 Å². The third kappa shape index (κ3) is 4.31. The third-order valence-corrected chi connectivity index (χ3v) is 3.24. The fraction of sp³-hybridized carbons (Fsp3) is 0.600. The van der Waals surface area contributed by atoms with E-state index in [9.17, 15) is 5.11 Å². The molecular formula is C15H25NO2. The molecule has 1 atom stereocenters. The van der Waals surface area contributed by atoms with Gasteiger partial charge in [0.05, 0.1) is 0 Å². The van der Waals surface area contributed by atoms with Gasteiger partial charge in [-0.3, -0.25) is 0 Å². The van der Waals surface area contributed by atoms with Crippen LogP contribution in [0, 0.1) is 12.3 Å². The first-order chi connectivity index (χ1) is 8.34. The van der Waals surface area contributed by atoms with Crippen molar-refractivity contribution in [3.05, 3.63) is 29.3 Å². The Morgan fingerprint density at radius 2 is 1.94 bits per heavy atom. The Bertz CT molecular complexity index is 383. The zero-order valence-corrected chi connectivity index (χ0v) is 11.8. The maximum absolute atomic E-state index is 9.79. The quantitative estimate of drug-likeness (QED) is 0.754. The van der Waals surface area contributed by atoms with Gasteiger partial charge in [0.15, 0.2) is 0 Å². The van der Waals surface area contributed by atoms with Gasteiger partial charge in [0.2, 0.25) is 0 Å². The fourth-order valence-electron chi connectivity index (χ4n) is 2.06. The summed E-state index contributed by atoms with van der Waals surface area (Å²) in [5.41, 5.74) is 2.13. The highest BCUT2D eigenvalue weighted by Crippen LogP contribution is 2.23. The summed E-state index contributed by atoms with van der Waals surface area (Å²) in [6.45, 7) is 9.26. The first-order valence-electron chi connectivity index (χ1n) is 6.47. The molecule has 3 nitrogen and oxygen atoms in total. The Kier molecular flexibility index (Phi) is 5.17. The van der Waals surface area contributed by atoms with Gasteiger partial charge in [-0.15, -0.1) is 0 Å². The van der Waals surface area contributed by atoms with Crippen molar-refractivity contribution in [2.45, 2.75) is 46.7 Å². The largest absolute Gasteiger partial charge is 0.508 e. The zero-order valence-electron chi connectivity index (χ0n) is 11.8. The Hall–Kier alpha value is -1.06. The number of nitrogens with one attached hydrogen (secondary N) is 1. The Labute approximate surface area is 110 Å². The zero-order chi connectivity index (χ0) is 13.8. The molecule has 0 aromatic heterocycles. The van der Waals surface area contributed by atoms with Gasteiger partial charge in [-0.25, -0.2) is 0 Å². The Balaban J connectivity index is 2.70. The molecule has 0 aliphatic rings. The number of phenols is 1. The molecule has 0 aliphatic heterocycles. The molecule has 3 heteroatoms. The summed E-state index contributed by atoms with van der Waals surface area (Å²) in [6.07, 6.45) is 0.718. The van der Waals surface area contributed by atoms with Gasteiger partial charge in [-0.05, 0) is 24.8 Å². The smallest absolute Gasteiger partial charge is 0.120 e. The molecule has 1 aromatic carbocycles. The number of benzene rings is 1. The normalized spacial score (nSPS) is 13.6. The average Bonchev–Trinajstić information content (AvgIpc) is 2.27. The molecule has 1 aromatic rings. The molecule has 0 heterocycles. The van der Waals surface area contributed by atoms with Crippen molar-refractivity contribution < 1.29 is 10.2 Å². The Morgan fingerprint density at radius 1 is 1.28 bits per heavy atom. The molecule has 0 saturated carbocycles. The van der Waals surface area contributed by atoms with E-state index < -0.39 is 0 Å². The molecule has 1 rings (SSSR count). The molecule has 0 bridgehead atoms. The first-order valence-corrected chi connectivity index (χ1v) is 6.47. The number of aryl methyl sites for hydroxylation is 1. The summed E-state index contributed by atoms with van der Waals surface area (Å²) in [6, 6.07) is 5.83.